The summed E-state index contributed by atoms with van der Waals surface area (Å²) >= 11 is 0. The van der Waals surface area contributed by atoms with Gasteiger partial charge in [-0.1, -0.05) is 47.1 Å². The number of halogens is 1. The van der Waals surface area contributed by atoms with Crippen LogP contribution in [-0.2, 0) is 14.8 Å². The number of sulfonamides is 1. The monoisotopic (exact) mass is 483 g/mol. The van der Waals surface area contributed by atoms with Gasteiger partial charge in [0.2, 0.25) is 15.9 Å². The molecular weight excluding hydrogens is 457 g/mol. The number of nitrogens with zero attached hydrogens (tertiary/aromatic N) is 2. The van der Waals surface area contributed by atoms with E-state index in [0.29, 0.717) is 18.5 Å². The van der Waals surface area contributed by atoms with Gasteiger partial charge in [0, 0.05) is 18.8 Å². The first-order valence-corrected chi connectivity index (χ1v) is 12.5. The predicted octanol–water partition coefficient (Wildman–Crippen LogP) is 4.64. The van der Waals surface area contributed by atoms with Gasteiger partial charge in [-0.3, -0.25) is 4.79 Å². The number of carbonyl (C=O) groups excluding carboxylic acids is 1. The van der Waals surface area contributed by atoms with Gasteiger partial charge in [-0.15, -0.1) is 0 Å². The van der Waals surface area contributed by atoms with Crippen molar-refractivity contribution in [1.82, 2.24) is 9.46 Å². The lowest BCUT2D eigenvalue weighted by Gasteiger charge is -2.31. The third kappa shape index (κ3) is 5.26. The van der Waals surface area contributed by atoms with Crippen molar-refractivity contribution in [2.24, 2.45) is 5.92 Å². The Balaban J connectivity index is 1.53. The van der Waals surface area contributed by atoms with Crippen molar-refractivity contribution in [3.8, 4) is 0 Å². The van der Waals surface area contributed by atoms with Gasteiger partial charge in [-0.25, -0.2) is 12.8 Å². The molecule has 0 spiro atoms. The smallest absolute Gasteiger partial charge is 0.248 e. The molecule has 1 fully saturated rings. The number of nitrogens with one attached hydrogen (secondary N) is 1. The van der Waals surface area contributed by atoms with E-state index in [4.69, 9.17) is 4.52 Å². The van der Waals surface area contributed by atoms with E-state index in [2.05, 4.69) is 10.5 Å². The molecule has 1 aromatic heterocycles. The number of benzene rings is 2. The summed E-state index contributed by atoms with van der Waals surface area (Å²) in [4.78, 5) is 12.8. The molecular formula is C25H26FN3O4S. The molecule has 7 nitrogen and oxygen atoms in total. The molecule has 1 amide bonds. The van der Waals surface area contributed by atoms with Crippen molar-refractivity contribution < 1.29 is 22.1 Å². The van der Waals surface area contributed by atoms with Crippen LogP contribution in [0.25, 0.3) is 12.2 Å². The number of hydrogen-bond donors (Lipinski definition) is 1. The standard InChI is InChI=1S/C25H26FN3O4S/c1-17-8-10-19(11-9-17)12-13-23-24(18(2)28-33-23)34(31,32)29-14-4-5-20(16-29)25(30)27-22-7-3-6-21(26)15-22/h3,6-13,15,20H,4-5,14,16H2,1-2H3,(H,27,30). The molecule has 3 aromatic rings. The van der Waals surface area contributed by atoms with Crippen LogP contribution in [0.1, 0.15) is 35.4 Å². The minimum atomic E-state index is -3.95. The van der Waals surface area contributed by atoms with Crippen molar-refractivity contribution in [3.05, 3.63) is 76.9 Å². The molecule has 1 N–H and O–H groups in total. The Morgan fingerprint density at radius 3 is 2.68 bits per heavy atom. The third-order valence-corrected chi connectivity index (χ3v) is 7.81. The van der Waals surface area contributed by atoms with Gasteiger partial charge in [0.05, 0.1) is 5.92 Å². The Morgan fingerprint density at radius 1 is 1.18 bits per heavy atom. The summed E-state index contributed by atoms with van der Waals surface area (Å²) in [5, 5.41) is 6.56. The molecule has 1 atom stereocenters. The highest BCUT2D eigenvalue weighted by atomic mass is 32.2. The summed E-state index contributed by atoms with van der Waals surface area (Å²) in [7, 11) is -3.95. The van der Waals surface area contributed by atoms with E-state index in [1.807, 2.05) is 31.2 Å². The van der Waals surface area contributed by atoms with Gasteiger partial charge in [-0.2, -0.15) is 4.31 Å². The van der Waals surface area contributed by atoms with Crippen LogP contribution in [0.15, 0.2) is 57.9 Å². The van der Waals surface area contributed by atoms with Crippen molar-refractivity contribution >= 4 is 33.8 Å². The first-order chi connectivity index (χ1) is 16.2. The molecule has 178 valence electrons. The summed E-state index contributed by atoms with van der Waals surface area (Å²) in [5.74, 6) is -1.21. The molecule has 1 saturated heterocycles. The van der Waals surface area contributed by atoms with E-state index in [0.717, 1.165) is 11.1 Å². The highest BCUT2D eigenvalue weighted by Gasteiger charge is 2.37. The van der Waals surface area contributed by atoms with Crippen LogP contribution in [-0.4, -0.2) is 36.9 Å². The maximum absolute atomic E-state index is 13.5. The van der Waals surface area contributed by atoms with Crippen molar-refractivity contribution in [1.29, 1.82) is 0 Å². The highest BCUT2D eigenvalue weighted by Crippen LogP contribution is 2.29. The van der Waals surface area contributed by atoms with Crippen LogP contribution in [0.4, 0.5) is 10.1 Å². The molecule has 0 aliphatic carbocycles. The molecule has 0 bridgehead atoms. The van der Waals surface area contributed by atoms with Crippen LogP contribution in [0.3, 0.4) is 0 Å². The van der Waals surface area contributed by atoms with Gasteiger partial charge < -0.3 is 9.84 Å². The van der Waals surface area contributed by atoms with Crippen LogP contribution in [0.5, 0.6) is 0 Å². The van der Waals surface area contributed by atoms with Gasteiger partial charge in [0.15, 0.2) is 10.7 Å². The van der Waals surface area contributed by atoms with Crippen molar-refractivity contribution in [2.45, 2.75) is 31.6 Å². The number of piperidine rings is 1. The number of amides is 1. The number of anilines is 1. The molecule has 34 heavy (non-hydrogen) atoms. The summed E-state index contributed by atoms with van der Waals surface area (Å²) in [6, 6.07) is 13.4. The normalized spacial score (nSPS) is 17.2. The van der Waals surface area contributed by atoms with Crippen LogP contribution < -0.4 is 5.32 Å². The van der Waals surface area contributed by atoms with Crippen LogP contribution in [0.2, 0.25) is 0 Å². The first kappa shape index (κ1) is 23.8. The fourth-order valence-electron chi connectivity index (χ4n) is 3.96. The Labute approximate surface area is 198 Å². The highest BCUT2D eigenvalue weighted by molar-refractivity contribution is 7.89. The van der Waals surface area contributed by atoms with E-state index < -0.39 is 21.8 Å². The number of carbonyl (C=O) groups is 1. The zero-order chi connectivity index (χ0) is 24.3. The van der Waals surface area contributed by atoms with Gasteiger partial charge in [-0.05, 0) is 56.5 Å². The third-order valence-electron chi connectivity index (χ3n) is 5.78. The first-order valence-electron chi connectivity index (χ1n) is 11.0. The summed E-state index contributed by atoms with van der Waals surface area (Å²) in [5.41, 5.74) is 2.62. The average molecular weight is 484 g/mol. The van der Waals surface area contributed by atoms with E-state index in [1.165, 1.54) is 22.5 Å². The van der Waals surface area contributed by atoms with Gasteiger partial charge in [0.1, 0.15) is 11.5 Å². The minimum absolute atomic E-state index is 0.00190. The second kappa shape index (κ2) is 9.90. The Bertz CT molecular complexity index is 1320. The molecule has 2 aromatic carbocycles. The second-order valence-electron chi connectivity index (χ2n) is 8.41. The van der Waals surface area contributed by atoms with Gasteiger partial charge in [0.25, 0.3) is 0 Å². The van der Waals surface area contributed by atoms with E-state index in [-0.39, 0.29) is 35.3 Å². The predicted molar refractivity (Wildman–Crippen MR) is 128 cm³/mol. The number of rotatable bonds is 6. The molecule has 1 aliphatic rings. The van der Waals surface area contributed by atoms with E-state index >= 15 is 0 Å². The topological polar surface area (TPSA) is 92.5 Å². The maximum Gasteiger partial charge on any atom is 0.248 e. The minimum Gasteiger partial charge on any atom is -0.355 e. The quantitative estimate of drug-likeness (QED) is 0.551. The molecule has 0 radical (unpaired) electrons. The second-order valence-corrected chi connectivity index (χ2v) is 10.3. The summed E-state index contributed by atoms with van der Waals surface area (Å²) < 4.78 is 47.1. The molecule has 9 heteroatoms. The molecule has 1 unspecified atom stereocenters. The number of aryl methyl sites for hydroxylation is 2. The van der Waals surface area contributed by atoms with E-state index in [9.17, 15) is 17.6 Å². The summed E-state index contributed by atoms with van der Waals surface area (Å²) in [6.07, 6.45) is 4.43. The fraction of sp³-hybridized carbons (Fsp3) is 0.280. The Kier molecular flexibility index (Phi) is 6.95. The van der Waals surface area contributed by atoms with Gasteiger partial charge >= 0.3 is 0 Å². The largest absolute Gasteiger partial charge is 0.355 e. The number of aromatic nitrogens is 1. The molecule has 4 rings (SSSR count). The van der Waals surface area contributed by atoms with Crippen molar-refractivity contribution in [2.75, 3.05) is 18.4 Å². The van der Waals surface area contributed by atoms with E-state index in [1.54, 1.807) is 25.1 Å². The average Bonchev–Trinajstić information content (AvgIpc) is 3.20. The molecule has 1 aliphatic heterocycles. The number of hydrogen-bond acceptors (Lipinski definition) is 5. The lowest BCUT2D eigenvalue weighted by atomic mass is 9.99. The zero-order valence-electron chi connectivity index (χ0n) is 19.0. The molecule has 0 saturated carbocycles. The Hall–Kier alpha value is -3.30. The zero-order valence-corrected chi connectivity index (χ0v) is 19.8. The molecule has 2 heterocycles. The lowest BCUT2D eigenvalue weighted by Crippen LogP contribution is -2.43. The van der Waals surface area contributed by atoms with Crippen LogP contribution >= 0.6 is 0 Å². The summed E-state index contributed by atoms with van der Waals surface area (Å²) in [6.45, 7) is 3.88. The SMILES string of the molecule is Cc1ccc(C=Cc2onc(C)c2S(=O)(=O)N2CCCC(C(=O)Nc3cccc(F)c3)C2)cc1. The van der Waals surface area contributed by atoms with Crippen molar-refractivity contribution in [3.63, 3.8) is 0 Å². The maximum atomic E-state index is 13.5. The Morgan fingerprint density at radius 2 is 1.94 bits per heavy atom. The fourth-order valence-corrected chi connectivity index (χ4v) is 5.74. The van der Waals surface area contributed by atoms with Crippen LogP contribution in [0, 0.1) is 25.6 Å². The lowest BCUT2D eigenvalue weighted by molar-refractivity contribution is -0.120.